The molecule has 0 aliphatic heterocycles. The van der Waals surface area contributed by atoms with Crippen LogP contribution in [0.5, 0.6) is 0 Å². The zero-order valence-corrected chi connectivity index (χ0v) is 12.0. The normalized spacial score (nSPS) is 12.3. The lowest BCUT2D eigenvalue weighted by atomic mass is 10.2. The van der Waals surface area contributed by atoms with E-state index in [-0.39, 0.29) is 0 Å². The van der Waals surface area contributed by atoms with Crippen molar-refractivity contribution in [1.82, 2.24) is 0 Å². The number of rotatable bonds is 6. The molecule has 0 aromatic heterocycles. The Kier molecular flexibility index (Phi) is 6.19. The number of unbranched alkanes of at least 4 members (excludes halogenated alkanes) is 2. The molecule has 15 heavy (non-hydrogen) atoms. The van der Waals surface area contributed by atoms with Crippen molar-refractivity contribution in [2.45, 2.75) is 58.2 Å². The van der Waals surface area contributed by atoms with Crippen molar-refractivity contribution >= 4 is 8.32 Å². The summed E-state index contributed by atoms with van der Waals surface area (Å²) in [4.78, 5) is 0. The molecule has 0 aromatic rings. The van der Waals surface area contributed by atoms with E-state index in [9.17, 15) is 0 Å². The van der Waals surface area contributed by atoms with E-state index in [0.717, 1.165) is 19.4 Å². The van der Waals surface area contributed by atoms with Gasteiger partial charge in [-0.25, -0.2) is 0 Å². The van der Waals surface area contributed by atoms with Crippen LogP contribution < -0.4 is 0 Å². The molecule has 0 unspecified atom stereocenters. The molecule has 0 amide bonds. The Morgan fingerprint density at radius 3 is 2.33 bits per heavy atom. The molecular weight excluding hydrogens is 200 g/mol. The molecule has 0 radical (unpaired) electrons. The number of hydrogen-bond donors (Lipinski definition) is 0. The Hall–Kier alpha value is -0.303. The number of hydrogen-bond acceptors (Lipinski definition) is 1. The first-order chi connectivity index (χ1) is 6.81. The first-order valence-electron chi connectivity index (χ1n) is 5.79. The summed E-state index contributed by atoms with van der Waals surface area (Å²) < 4.78 is 6.06. The highest BCUT2D eigenvalue weighted by atomic mass is 28.4. The first-order valence-corrected chi connectivity index (χ1v) is 8.70. The van der Waals surface area contributed by atoms with Crippen molar-refractivity contribution in [2.24, 2.45) is 0 Å². The predicted molar refractivity (Wildman–Crippen MR) is 70.7 cm³/mol. The van der Waals surface area contributed by atoms with E-state index in [1.165, 1.54) is 6.42 Å². The maximum absolute atomic E-state index is 6.06. The van der Waals surface area contributed by atoms with Crippen LogP contribution in [0.15, 0.2) is 18.4 Å². The van der Waals surface area contributed by atoms with Gasteiger partial charge in [0, 0.05) is 6.61 Å². The minimum Gasteiger partial charge on any atom is -0.417 e. The van der Waals surface area contributed by atoms with Crippen LogP contribution in [0, 0.1) is 0 Å². The lowest BCUT2D eigenvalue weighted by molar-refractivity contribution is 0.279. The average Bonchev–Trinajstić information content (AvgIpc) is 2.09. The second-order valence-corrected chi connectivity index (χ2v) is 10.3. The van der Waals surface area contributed by atoms with Crippen LogP contribution in [-0.4, -0.2) is 14.9 Å². The van der Waals surface area contributed by atoms with E-state index in [0.29, 0.717) is 5.04 Å². The lowest BCUT2D eigenvalue weighted by Crippen LogP contribution is -2.40. The highest BCUT2D eigenvalue weighted by Crippen LogP contribution is 2.36. The van der Waals surface area contributed by atoms with Crippen molar-refractivity contribution < 1.29 is 4.43 Å². The molecular formula is C13H26OSi. The zero-order chi connectivity index (χ0) is 11.9. The van der Waals surface area contributed by atoms with Gasteiger partial charge < -0.3 is 4.43 Å². The fourth-order valence-corrected chi connectivity index (χ4v) is 2.08. The summed E-state index contributed by atoms with van der Waals surface area (Å²) in [5, 5.41) is 0.327. The Morgan fingerprint density at radius 2 is 1.87 bits per heavy atom. The van der Waals surface area contributed by atoms with E-state index in [4.69, 9.17) is 4.43 Å². The van der Waals surface area contributed by atoms with Gasteiger partial charge in [-0.05, 0) is 43.5 Å². The lowest BCUT2D eigenvalue weighted by Gasteiger charge is -2.36. The van der Waals surface area contributed by atoms with E-state index in [1.54, 1.807) is 0 Å². The van der Waals surface area contributed by atoms with E-state index in [1.807, 2.05) is 6.08 Å². The quantitative estimate of drug-likeness (QED) is 0.367. The molecule has 0 saturated heterocycles. The minimum absolute atomic E-state index is 0.327. The van der Waals surface area contributed by atoms with Gasteiger partial charge >= 0.3 is 0 Å². The summed E-state index contributed by atoms with van der Waals surface area (Å²) in [6.07, 6.45) is 5.39. The molecule has 88 valence electrons. The summed E-state index contributed by atoms with van der Waals surface area (Å²) in [6.45, 7) is 15.9. The zero-order valence-electron chi connectivity index (χ0n) is 11.0. The fourth-order valence-electron chi connectivity index (χ4n) is 0.994. The predicted octanol–water partition coefficient (Wildman–Crippen LogP) is 4.52. The van der Waals surface area contributed by atoms with Gasteiger partial charge in [-0.3, -0.25) is 0 Å². The van der Waals surface area contributed by atoms with E-state index in [2.05, 4.69) is 46.2 Å². The van der Waals surface area contributed by atoms with Crippen LogP contribution in [-0.2, 0) is 4.43 Å². The minimum atomic E-state index is -1.51. The third kappa shape index (κ3) is 5.98. The molecule has 0 saturated carbocycles. The molecule has 0 aliphatic carbocycles. The molecule has 0 atom stereocenters. The van der Waals surface area contributed by atoms with Gasteiger partial charge in [-0.1, -0.05) is 27.4 Å². The van der Waals surface area contributed by atoms with Gasteiger partial charge in [0.2, 0.25) is 0 Å². The van der Waals surface area contributed by atoms with Crippen molar-refractivity contribution in [1.29, 1.82) is 0 Å². The molecule has 0 heterocycles. The number of allylic oxidation sites excluding steroid dienone is 1. The van der Waals surface area contributed by atoms with Gasteiger partial charge in [0.05, 0.1) is 0 Å². The molecule has 0 fully saturated rings. The average molecular weight is 226 g/mol. The standard InChI is InChI=1S/C13H26OSi/c1-7-8-9-10-11-12-14-15(5,6)13(2,3)4/h8H,1,9-12H2,2-6H3. The molecule has 2 heteroatoms. The first kappa shape index (κ1) is 14.7. The van der Waals surface area contributed by atoms with Crippen molar-refractivity contribution in [3.63, 3.8) is 0 Å². The van der Waals surface area contributed by atoms with Gasteiger partial charge in [0.15, 0.2) is 8.32 Å². The van der Waals surface area contributed by atoms with Crippen LogP contribution in [0.4, 0.5) is 0 Å². The maximum Gasteiger partial charge on any atom is 0.191 e. The second kappa shape index (κ2) is 6.32. The largest absolute Gasteiger partial charge is 0.417 e. The SMILES string of the molecule is C=C=CCCCCO[Si](C)(C)C(C)(C)C. The molecule has 0 spiro atoms. The third-order valence-electron chi connectivity index (χ3n) is 3.16. The van der Waals surface area contributed by atoms with Crippen LogP contribution in [0.1, 0.15) is 40.0 Å². The molecule has 0 N–H and O–H groups in total. The fraction of sp³-hybridized carbons (Fsp3) is 0.769. The molecule has 1 nitrogen and oxygen atoms in total. The summed E-state index contributed by atoms with van der Waals surface area (Å²) >= 11 is 0. The maximum atomic E-state index is 6.06. The van der Waals surface area contributed by atoms with Gasteiger partial charge in [0.1, 0.15) is 0 Å². The summed E-state index contributed by atoms with van der Waals surface area (Å²) in [6, 6.07) is 0. The summed E-state index contributed by atoms with van der Waals surface area (Å²) in [7, 11) is -1.51. The molecule has 0 rings (SSSR count). The smallest absolute Gasteiger partial charge is 0.191 e. The molecule has 0 bridgehead atoms. The van der Waals surface area contributed by atoms with Gasteiger partial charge in [-0.2, -0.15) is 0 Å². The highest BCUT2D eigenvalue weighted by molar-refractivity contribution is 6.74. The van der Waals surface area contributed by atoms with E-state index < -0.39 is 8.32 Å². The topological polar surface area (TPSA) is 9.23 Å². The van der Waals surface area contributed by atoms with Crippen molar-refractivity contribution in [2.75, 3.05) is 6.61 Å². The van der Waals surface area contributed by atoms with E-state index >= 15 is 0 Å². The van der Waals surface area contributed by atoms with Crippen LogP contribution in [0.2, 0.25) is 18.1 Å². The van der Waals surface area contributed by atoms with Crippen LogP contribution in [0.3, 0.4) is 0 Å². The Labute approximate surface area is 96.4 Å². The molecule has 0 aliphatic rings. The van der Waals surface area contributed by atoms with Crippen molar-refractivity contribution in [3.05, 3.63) is 18.4 Å². The van der Waals surface area contributed by atoms with Crippen molar-refractivity contribution in [3.8, 4) is 0 Å². The monoisotopic (exact) mass is 226 g/mol. The highest BCUT2D eigenvalue weighted by Gasteiger charge is 2.36. The third-order valence-corrected chi connectivity index (χ3v) is 7.69. The Morgan fingerprint density at radius 1 is 1.27 bits per heavy atom. The van der Waals surface area contributed by atoms with Crippen LogP contribution >= 0.6 is 0 Å². The summed E-state index contributed by atoms with van der Waals surface area (Å²) in [5.41, 5.74) is 2.79. The molecule has 0 aromatic carbocycles. The van der Waals surface area contributed by atoms with Crippen LogP contribution in [0.25, 0.3) is 0 Å². The Balaban J connectivity index is 3.71. The Bertz CT molecular complexity index is 219. The second-order valence-electron chi connectivity index (χ2n) is 5.51. The van der Waals surface area contributed by atoms with Gasteiger partial charge in [-0.15, -0.1) is 5.73 Å². The summed E-state index contributed by atoms with van der Waals surface area (Å²) in [5.74, 6) is 0. The van der Waals surface area contributed by atoms with Gasteiger partial charge in [0.25, 0.3) is 0 Å².